The molecule has 2 aliphatic rings. The number of halogens is 5. The summed E-state index contributed by atoms with van der Waals surface area (Å²) in [5.41, 5.74) is 0.943. The number of fused-ring (bicyclic) bond motifs is 5. The highest BCUT2D eigenvalue weighted by Gasteiger charge is 2.44. The topological polar surface area (TPSA) is 30.9 Å². The lowest BCUT2D eigenvalue weighted by Gasteiger charge is -2.23. The zero-order valence-electron chi connectivity index (χ0n) is 13.6. The van der Waals surface area contributed by atoms with Gasteiger partial charge in [-0.3, -0.25) is 0 Å². The van der Waals surface area contributed by atoms with E-state index in [0.717, 1.165) is 11.1 Å². The average Bonchev–Trinajstić information content (AvgIpc) is 3.25. The standard InChI is InChI=1S/C18H11F5N3O/c19-12-13(20)15(22)18(16(23)14(12)21)26-7-25-11(24-26)6-27-10-5-8-3-1-2-4-9(8)17(10)25/h1-4,7,10,17H,5-6H2/q+1/t10-,17+/m1/s1. The van der Waals surface area contributed by atoms with Crippen LogP contribution in [-0.4, -0.2) is 15.9 Å². The second kappa shape index (κ2) is 5.59. The molecule has 9 heteroatoms. The SMILES string of the molecule is Fc1c(F)c(F)c(-n2c[n+]3c(n2)CO[C@@H]2Cc4ccccc4[C@@H]23)c(F)c1F. The van der Waals surface area contributed by atoms with Crippen LogP contribution in [0.3, 0.4) is 0 Å². The number of rotatable bonds is 1. The quantitative estimate of drug-likeness (QED) is 0.281. The average molecular weight is 380 g/mol. The Labute approximate surface area is 149 Å². The summed E-state index contributed by atoms with van der Waals surface area (Å²) < 4.78 is 76.8. The third-order valence-electron chi connectivity index (χ3n) is 5.04. The van der Waals surface area contributed by atoms with Crippen molar-refractivity contribution in [2.75, 3.05) is 0 Å². The van der Waals surface area contributed by atoms with Crippen LogP contribution in [0, 0.1) is 29.1 Å². The van der Waals surface area contributed by atoms with Crippen LogP contribution in [0.4, 0.5) is 22.0 Å². The number of hydrogen-bond acceptors (Lipinski definition) is 2. The van der Waals surface area contributed by atoms with Crippen LogP contribution in [0.15, 0.2) is 30.6 Å². The van der Waals surface area contributed by atoms with Gasteiger partial charge in [0.15, 0.2) is 0 Å². The summed E-state index contributed by atoms with van der Waals surface area (Å²) in [6.45, 7) is 0.0670. The Bertz CT molecular complexity index is 1070. The lowest BCUT2D eigenvalue weighted by Crippen LogP contribution is -2.51. The molecule has 27 heavy (non-hydrogen) atoms. The van der Waals surface area contributed by atoms with E-state index >= 15 is 0 Å². The molecule has 1 aliphatic carbocycles. The van der Waals surface area contributed by atoms with Gasteiger partial charge in [0.25, 0.3) is 0 Å². The molecule has 0 radical (unpaired) electrons. The molecule has 0 saturated carbocycles. The van der Waals surface area contributed by atoms with E-state index in [1.165, 1.54) is 6.33 Å². The summed E-state index contributed by atoms with van der Waals surface area (Å²) in [5, 5.41) is 4.01. The molecule has 138 valence electrons. The summed E-state index contributed by atoms with van der Waals surface area (Å²) in [4.78, 5) is 0. The highest BCUT2D eigenvalue weighted by Crippen LogP contribution is 2.36. The van der Waals surface area contributed by atoms with Gasteiger partial charge >= 0.3 is 5.82 Å². The van der Waals surface area contributed by atoms with E-state index in [9.17, 15) is 22.0 Å². The molecule has 5 rings (SSSR count). The Morgan fingerprint density at radius 1 is 0.963 bits per heavy atom. The fourth-order valence-electron chi connectivity index (χ4n) is 3.82. The number of benzene rings is 2. The van der Waals surface area contributed by atoms with Gasteiger partial charge < -0.3 is 4.74 Å². The molecule has 2 aromatic carbocycles. The molecule has 4 nitrogen and oxygen atoms in total. The van der Waals surface area contributed by atoms with Crippen molar-refractivity contribution in [3.8, 4) is 5.69 Å². The summed E-state index contributed by atoms with van der Waals surface area (Å²) in [7, 11) is 0. The fourth-order valence-corrected chi connectivity index (χ4v) is 3.82. The largest absolute Gasteiger partial charge is 0.363 e. The van der Waals surface area contributed by atoms with Crippen molar-refractivity contribution in [2.24, 2.45) is 0 Å². The Kier molecular flexibility index (Phi) is 3.39. The van der Waals surface area contributed by atoms with Gasteiger partial charge in [-0.25, -0.2) is 17.7 Å². The molecule has 0 N–H and O–H groups in total. The smallest absolute Gasteiger partial charge is 0.304 e. The summed E-state index contributed by atoms with van der Waals surface area (Å²) in [6, 6.07) is 7.37. The number of nitrogens with zero attached hydrogens (tertiary/aromatic N) is 3. The molecular weight excluding hydrogens is 369 g/mol. The third-order valence-corrected chi connectivity index (χ3v) is 5.04. The van der Waals surface area contributed by atoms with Gasteiger partial charge in [0.2, 0.25) is 41.1 Å². The Balaban J connectivity index is 1.68. The van der Waals surface area contributed by atoms with E-state index in [4.69, 9.17) is 4.74 Å². The second-order valence-corrected chi connectivity index (χ2v) is 6.50. The van der Waals surface area contributed by atoms with Crippen molar-refractivity contribution in [3.63, 3.8) is 0 Å². The minimum Gasteiger partial charge on any atom is -0.363 e. The van der Waals surface area contributed by atoms with E-state index < -0.39 is 34.8 Å². The second-order valence-electron chi connectivity index (χ2n) is 6.50. The van der Waals surface area contributed by atoms with Crippen molar-refractivity contribution in [3.05, 3.63) is 76.6 Å². The van der Waals surface area contributed by atoms with Crippen LogP contribution >= 0.6 is 0 Å². The van der Waals surface area contributed by atoms with Gasteiger partial charge in [0.1, 0.15) is 18.8 Å². The monoisotopic (exact) mass is 380 g/mol. The van der Waals surface area contributed by atoms with Gasteiger partial charge in [0.05, 0.1) is 0 Å². The van der Waals surface area contributed by atoms with E-state index in [0.29, 0.717) is 16.9 Å². The molecule has 1 aliphatic heterocycles. The Morgan fingerprint density at radius 3 is 2.37 bits per heavy atom. The van der Waals surface area contributed by atoms with Crippen molar-refractivity contribution >= 4 is 0 Å². The van der Waals surface area contributed by atoms with E-state index in [1.807, 2.05) is 24.3 Å². The molecule has 0 unspecified atom stereocenters. The Morgan fingerprint density at radius 2 is 1.63 bits per heavy atom. The fraction of sp³-hybridized carbons (Fsp3) is 0.222. The molecule has 0 saturated heterocycles. The lowest BCUT2D eigenvalue weighted by molar-refractivity contribution is -0.739. The van der Waals surface area contributed by atoms with Crippen LogP contribution in [0.1, 0.15) is 23.0 Å². The van der Waals surface area contributed by atoms with Crippen LogP contribution in [-0.2, 0) is 17.8 Å². The van der Waals surface area contributed by atoms with Crippen LogP contribution in [0.2, 0.25) is 0 Å². The molecule has 0 spiro atoms. The maximum Gasteiger partial charge on any atom is 0.304 e. The maximum atomic E-state index is 14.1. The van der Waals surface area contributed by atoms with Crippen LogP contribution < -0.4 is 4.57 Å². The first-order valence-corrected chi connectivity index (χ1v) is 8.18. The number of ether oxygens (including phenoxy) is 1. The first-order valence-electron chi connectivity index (χ1n) is 8.18. The lowest BCUT2D eigenvalue weighted by atomic mass is 10.1. The zero-order chi connectivity index (χ0) is 18.9. The summed E-state index contributed by atoms with van der Waals surface area (Å²) in [5.74, 6) is -9.76. The van der Waals surface area contributed by atoms with Gasteiger partial charge in [0, 0.05) is 11.5 Å². The van der Waals surface area contributed by atoms with Crippen LogP contribution in [0.5, 0.6) is 0 Å². The first kappa shape index (κ1) is 16.4. The molecule has 1 aromatic heterocycles. The molecule has 2 heterocycles. The van der Waals surface area contributed by atoms with Crippen molar-refractivity contribution in [1.29, 1.82) is 0 Å². The number of aromatic nitrogens is 3. The zero-order valence-corrected chi connectivity index (χ0v) is 13.6. The maximum absolute atomic E-state index is 14.1. The van der Waals surface area contributed by atoms with Gasteiger partial charge in [-0.1, -0.05) is 28.9 Å². The minimum atomic E-state index is -2.20. The molecule has 3 aromatic rings. The van der Waals surface area contributed by atoms with Crippen molar-refractivity contribution in [1.82, 2.24) is 9.78 Å². The van der Waals surface area contributed by atoms with Gasteiger partial charge in [-0.05, 0) is 11.1 Å². The molecular formula is C18H11F5N3O+. The highest BCUT2D eigenvalue weighted by atomic mass is 19.2. The first-order chi connectivity index (χ1) is 13.0. The number of hydrogen-bond donors (Lipinski definition) is 0. The normalized spacial score (nSPS) is 20.3. The van der Waals surface area contributed by atoms with Gasteiger partial charge in [-0.2, -0.15) is 8.78 Å². The third kappa shape index (κ3) is 2.18. The van der Waals surface area contributed by atoms with Crippen molar-refractivity contribution < 1.29 is 31.3 Å². The van der Waals surface area contributed by atoms with Gasteiger partial charge in [-0.15, -0.1) is 0 Å². The Hall–Kier alpha value is -2.81. The predicted octanol–water partition coefficient (Wildman–Crippen LogP) is 2.90. The minimum absolute atomic E-state index is 0.0670. The molecule has 0 bridgehead atoms. The van der Waals surface area contributed by atoms with E-state index in [-0.39, 0.29) is 18.8 Å². The molecule has 2 atom stereocenters. The predicted molar refractivity (Wildman–Crippen MR) is 80.4 cm³/mol. The molecule has 0 fully saturated rings. The highest BCUT2D eigenvalue weighted by molar-refractivity contribution is 5.37. The summed E-state index contributed by atoms with van der Waals surface area (Å²) >= 11 is 0. The molecule has 0 amide bonds. The van der Waals surface area contributed by atoms with E-state index in [2.05, 4.69) is 5.10 Å². The summed E-state index contributed by atoms with van der Waals surface area (Å²) in [6.07, 6.45) is 1.73. The van der Waals surface area contributed by atoms with Crippen LogP contribution in [0.25, 0.3) is 5.69 Å². The van der Waals surface area contributed by atoms with Crippen molar-refractivity contribution in [2.45, 2.75) is 25.2 Å². The van der Waals surface area contributed by atoms with E-state index in [1.54, 1.807) is 4.57 Å².